The zero-order valence-electron chi connectivity index (χ0n) is 9.97. The number of carbonyl (C=O) groups excluding carboxylic acids is 1. The van der Waals surface area contributed by atoms with E-state index in [4.69, 9.17) is 16.7 Å². The topological polar surface area (TPSA) is 57.6 Å². The molecule has 1 aromatic rings. The molecule has 0 bridgehead atoms. The number of likely N-dealkylation sites (tertiary alicyclic amines) is 1. The number of carbonyl (C=O) groups is 2. The van der Waals surface area contributed by atoms with E-state index in [0.717, 1.165) is 5.56 Å². The first kappa shape index (κ1) is 12.9. The molecule has 1 N–H and O–H groups in total. The molecule has 0 spiro atoms. The molecule has 0 aliphatic carbocycles. The monoisotopic (exact) mass is 267 g/mol. The van der Waals surface area contributed by atoms with E-state index in [9.17, 15) is 9.59 Å². The average molecular weight is 268 g/mol. The highest BCUT2D eigenvalue weighted by Gasteiger charge is 2.36. The lowest BCUT2D eigenvalue weighted by Gasteiger charge is -2.25. The zero-order chi connectivity index (χ0) is 13.3. The summed E-state index contributed by atoms with van der Waals surface area (Å²) < 4.78 is 0. The van der Waals surface area contributed by atoms with E-state index >= 15 is 0 Å². The summed E-state index contributed by atoms with van der Waals surface area (Å²) in [5.74, 6) is -1.61. The number of carboxylic acid groups (broad SMARTS) is 1. The fourth-order valence-corrected chi connectivity index (χ4v) is 2.32. The minimum atomic E-state index is -0.908. The Balaban J connectivity index is 2.14. The highest BCUT2D eigenvalue weighted by molar-refractivity contribution is 6.30. The number of carboxylic acids is 1. The number of nitrogens with zero attached hydrogens (tertiary/aromatic N) is 1. The summed E-state index contributed by atoms with van der Waals surface area (Å²) in [6, 6.07) is 7.12. The molecule has 1 amide bonds. The van der Waals surface area contributed by atoms with E-state index in [0.29, 0.717) is 5.02 Å². The first-order chi connectivity index (χ1) is 8.49. The minimum Gasteiger partial charge on any atom is -0.481 e. The van der Waals surface area contributed by atoms with Gasteiger partial charge in [0, 0.05) is 18.0 Å². The first-order valence-corrected chi connectivity index (χ1v) is 6.14. The molecule has 1 aliphatic rings. The molecule has 0 unspecified atom stereocenters. The van der Waals surface area contributed by atoms with Crippen molar-refractivity contribution < 1.29 is 14.7 Å². The normalized spacial score (nSPS) is 21.1. The van der Waals surface area contributed by atoms with E-state index in [-0.39, 0.29) is 24.9 Å². The SMILES string of the molecule is C[C@H](c1ccc(Cl)cc1)N1C[C@@H](C(=O)O)CC1=O. The van der Waals surface area contributed by atoms with Crippen LogP contribution in [-0.4, -0.2) is 28.4 Å². The van der Waals surface area contributed by atoms with Crippen LogP contribution in [0.1, 0.15) is 24.9 Å². The van der Waals surface area contributed by atoms with Crippen molar-refractivity contribution in [3.8, 4) is 0 Å². The van der Waals surface area contributed by atoms with Crippen LogP contribution in [0.15, 0.2) is 24.3 Å². The predicted octanol–water partition coefficient (Wildman–Crippen LogP) is 2.33. The van der Waals surface area contributed by atoms with Gasteiger partial charge in [-0.2, -0.15) is 0 Å². The summed E-state index contributed by atoms with van der Waals surface area (Å²) >= 11 is 5.81. The highest BCUT2D eigenvalue weighted by Crippen LogP contribution is 2.29. The number of hydrogen-bond donors (Lipinski definition) is 1. The van der Waals surface area contributed by atoms with Crippen LogP contribution in [0, 0.1) is 5.92 Å². The quantitative estimate of drug-likeness (QED) is 0.914. The molecule has 5 heteroatoms. The van der Waals surface area contributed by atoms with E-state index in [1.54, 1.807) is 17.0 Å². The molecule has 1 aromatic carbocycles. The molecule has 2 atom stereocenters. The molecule has 18 heavy (non-hydrogen) atoms. The Morgan fingerprint density at radius 2 is 2.06 bits per heavy atom. The second-order valence-electron chi connectivity index (χ2n) is 4.51. The Morgan fingerprint density at radius 3 is 2.56 bits per heavy atom. The average Bonchev–Trinajstić information content (AvgIpc) is 2.71. The van der Waals surface area contributed by atoms with Crippen LogP contribution in [-0.2, 0) is 9.59 Å². The third-order valence-electron chi connectivity index (χ3n) is 3.33. The highest BCUT2D eigenvalue weighted by atomic mass is 35.5. The predicted molar refractivity (Wildman–Crippen MR) is 67.3 cm³/mol. The van der Waals surface area contributed by atoms with Gasteiger partial charge in [0.15, 0.2) is 0 Å². The van der Waals surface area contributed by atoms with Crippen LogP contribution >= 0.6 is 11.6 Å². The fraction of sp³-hybridized carbons (Fsp3) is 0.385. The van der Waals surface area contributed by atoms with Crippen molar-refractivity contribution in [1.82, 2.24) is 4.90 Å². The third kappa shape index (κ3) is 2.48. The van der Waals surface area contributed by atoms with Crippen molar-refractivity contribution in [3.63, 3.8) is 0 Å². The van der Waals surface area contributed by atoms with E-state index < -0.39 is 11.9 Å². The van der Waals surface area contributed by atoms with Crippen molar-refractivity contribution in [3.05, 3.63) is 34.9 Å². The summed E-state index contributed by atoms with van der Waals surface area (Å²) in [5.41, 5.74) is 0.957. The Morgan fingerprint density at radius 1 is 1.44 bits per heavy atom. The van der Waals surface area contributed by atoms with Gasteiger partial charge in [-0.1, -0.05) is 23.7 Å². The van der Waals surface area contributed by atoms with E-state index in [1.807, 2.05) is 19.1 Å². The number of aliphatic carboxylic acids is 1. The van der Waals surface area contributed by atoms with Crippen LogP contribution in [0.4, 0.5) is 0 Å². The second-order valence-corrected chi connectivity index (χ2v) is 4.95. The lowest BCUT2D eigenvalue weighted by Crippen LogP contribution is -2.29. The summed E-state index contributed by atoms with van der Waals surface area (Å²) in [6.07, 6.45) is 0.0905. The van der Waals surface area contributed by atoms with Gasteiger partial charge in [-0.25, -0.2) is 0 Å². The molecular weight excluding hydrogens is 254 g/mol. The smallest absolute Gasteiger partial charge is 0.308 e. The van der Waals surface area contributed by atoms with Crippen LogP contribution in [0.2, 0.25) is 5.02 Å². The van der Waals surface area contributed by atoms with Gasteiger partial charge in [-0.15, -0.1) is 0 Å². The standard InChI is InChI=1S/C13H14ClNO3/c1-8(9-2-4-11(14)5-3-9)15-7-10(13(17)18)6-12(15)16/h2-5,8,10H,6-7H2,1H3,(H,17,18)/t8-,10+/m1/s1. The van der Waals surface area contributed by atoms with Gasteiger partial charge in [0.2, 0.25) is 5.91 Å². The molecule has 1 heterocycles. The summed E-state index contributed by atoms with van der Waals surface area (Å²) in [6.45, 7) is 2.17. The maximum absolute atomic E-state index is 11.8. The Labute approximate surface area is 110 Å². The number of halogens is 1. The Bertz CT molecular complexity index is 472. The van der Waals surface area contributed by atoms with Crippen LogP contribution in [0.3, 0.4) is 0 Å². The maximum atomic E-state index is 11.8. The molecule has 96 valence electrons. The van der Waals surface area contributed by atoms with Crippen LogP contribution < -0.4 is 0 Å². The van der Waals surface area contributed by atoms with Gasteiger partial charge in [0.1, 0.15) is 0 Å². The molecule has 0 radical (unpaired) electrons. The van der Waals surface area contributed by atoms with Crippen molar-refractivity contribution in [1.29, 1.82) is 0 Å². The Kier molecular flexibility index (Phi) is 3.57. The molecule has 0 saturated carbocycles. The van der Waals surface area contributed by atoms with Gasteiger partial charge in [0.25, 0.3) is 0 Å². The van der Waals surface area contributed by atoms with Crippen LogP contribution in [0.25, 0.3) is 0 Å². The molecule has 1 aliphatic heterocycles. The molecule has 0 aromatic heterocycles. The number of amides is 1. The summed E-state index contributed by atoms with van der Waals surface area (Å²) in [5, 5.41) is 9.58. The third-order valence-corrected chi connectivity index (χ3v) is 3.58. The lowest BCUT2D eigenvalue weighted by molar-refractivity contribution is -0.141. The number of hydrogen-bond acceptors (Lipinski definition) is 2. The van der Waals surface area contributed by atoms with Crippen molar-refractivity contribution >= 4 is 23.5 Å². The summed E-state index contributed by atoms with van der Waals surface area (Å²) in [4.78, 5) is 24.3. The van der Waals surface area contributed by atoms with Gasteiger partial charge in [0.05, 0.1) is 12.0 Å². The second kappa shape index (κ2) is 4.98. The lowest BCUT2D eigenvalue weighted by atomic mass is 10.1. The van der Waals surface area contributed by atoms with Crippen molar-refractivity contribution in [2.24, 2.45) is 5.92 Å². The van der Waals surface area contributed by atoms with E-state index in [2.05, 4.69) is 0 Å². The van der Waals surface area contributed by atoms with Gasteiger partial charge in [-0.05, 0) is 24.6 Å². The fourth-order valence-electron chi connectivity index (χ4n) is 2.19. The maximum Gasteiger partial charge on any atom is 0.308 e. The number of benzene rings is 1. The first-order valence-electron chi connectivity index (χ1n) is 5.76. The largest absolute Gasteiger partial charge is 0.481 e. The van der Waals surface area contributed by atoms with Crippen LogP contribution in [0.5, 0.6) is 0 Å². The molecule has 1 saturated heterocycles. The van der Waals surface area contributed by atoms with Gasteiger partial charge >= 0.3 is 5.97 Å². The molecular formula is C13H14ClNO3. The van der Waals surface area contributed by atoms with Gasteiger partial charge < -0.3 is 10.0 Å². The molecule has 1 fully saturated rings. The molecule has 4 nitrogen and oxygen atoms in total. The van der Waals surface area contributed by atoms with E-state index in [1.165, 1.54) is 0 Å². The molecule has 2 rings (SSSR count). The Hall–Kier alpha value is -1.55. The minimum absolute atomic E-state index is 0.0905. The van der Waals surface area contributed by atoms with Crippen molar-refractivity contribution in [2.75, 3.05) is 6.54 Å². The zero-order valence-corrected chi connectivity index (χ0v) is 10.7. The van der Waals surface area contributed by atoms with Gasteiger partial charge in [-0.3, -0.25) is 9.59 Å². The number of rotatable bonds is 3. The summed E-state index contributed by atoms with van der Waals surface area (Å²) in [7, 11) is 0. The van der Waals surface area contributed by atoms with Crippen molar-refractivity contribution in [2.45, 2.75) is 19.4 Å².